The molecule has 36 heavy (non-hydrogen) atoms. The van der Waals surface area contributed by atoms with Crippen LogP contribution in [0.25, 0.3) is 0 Å². The molecule has 4 rings (SSSR count). The molecule has 3 aromatic carbocycles. The van der Waals surface area contributed by atoms with Crippen molar-refractivity contribution in [1.82, 2.24) is 0 Å². The molecule has 0 aromatic heterocycles. The lowest BCUT2D eigenvalue weighted by Crippen LogP contribution is -2.27. The number of alkyl halides is 6. The Morgan fingerprint density at radius 1 is 0.917 bits per heavy atom. The molecular weight excluding hydrogens is 506 g/mol. The van der Waals surface area contributed by atoms with Gasteiger partial charge in [0.15, 0.2) is 0 Å². The lowest BCUT2D eigenvalue weighted by atomic mass is 10.0. The predicted octanol–water partition coefficient (Wildman–Crippen LogP) is 7.06. The Bertz CT molecular complexity index is 1270. The van der Waals surface area contributed by atoms with Crippen molar-refractivity contribution >= 4 is 35.0 Å². The first kappa shape index (κ1) is 25.6. The summed E-state index contributed by atoms with van der Waals surface area (Å²) in [5, 5.41) is 1.94. The van der Waals surface area contributed by atoms with Crippen LogP contribution < -0.4 is 10.2 Å². The summed E-state index contributed by atoms with van der Waals surface area (Å²) in [5.74, 6) is -1.03. The van der Waals surface area contributed by atoms with Gasteiger partial charge in [0.25, 0.3) is 5.91 Å². The molecule has 1 atom stereocenters. The first-order valence-corrected chi connectivity index (χ1v) is 11.6. The summed E-state index contributed by atoms with van der Waals surface area (Å²) in [5.41, 5.74) is -1.45. The zero-order valence-corrected chi connectivity index (χ0v) is 19.4. The molecule has 1 saturated heterocycles. The molecule has 0 aliphatic carbocycles. The quantitative estimate of drug-likeness (QED) is 0.372. The summed E-state index contributed by atoms with van der Waals surface area (Å²) >= 11 is 1.36. The number of benzene rings is 3. The van der Waals surface area contributed by atoms with Crippen molar-refractivity contribution in [1.29, 1.82) is 0 Å². The third-order valence-electron chi connectivity index (χ3n) is 5.46. The van der Waals surface area contributed by atoms with Gasteiger partial charge < -0.3 is 5.32 Å². The van der Waals surface area contributed by atoms with Crippen LogP contribution in [-0.2, 0) is 17.1 Å². The van der Waals surface area contributed by atoms with E-state index < -0.39 is 40.3 Å². The van der Waals surface area contributed by atoms with Gasteiger partial charge in [-0.25, -0.2) is 0 Å². The third kappa shape index (κ3) is 5.51. The highest BCUT2D eigenvalue weighted by Crippen LogP contribution is 2.42. The lowest BCUT2D eigenvalue weighted by molar-refractivity contribution is -0.143. The molecule has 1 aliphatic heterocycles. The fraction of sp³-hybridized carbons (Fsp3) is 0.200. The van der Waals surface area contributed by atoms with E-state index in [2.05, 4.69) is 5.32 Å². The topological polar surface area (TPSA) is 49.4 Å². The van der Waals surface area contributed by atoms with Crippen molar-refractivity contribution < 1.29 is 35.9 Å². The van der Waals surface area contributed by atoms with Crippen molar-refractivity contribution in [2.45, 2.75) is 24.7 Å². The summed E-state index contributed by atoms with van der Waals surface area (Å²) in [6.07, 6.45) is -10.1. The minimum Gasteiger partial charge on any atom is -0.322 e. The molecule has 1 heterocycles. The van der Waals surface area contributed by atoms with Crippen LogP contribution in [0, 0.1) is 6.92 Å². The number of anilines is 2. The van der Waals surface area contributed by atoms with Crippen LogP contribution in [-0.4, -0.2) is 17.6 Å². The van der Waals surface area contributed by atoms with E-state index in [1.54, 1.807) is 17.0 Å². The summed E-state index contributed by atoms with van der Waals surface area (Å²) in [6, 6.07) is 14.4. The average molecular weight is 524 g/mol. The van der Waals surface area contributed by atoms with Crippen LogP contribution in [0.4, 0.5) is 37.7 Å². The largest absolute Gasteiger partial charge is 0.416 e. The first-order chi connectivity index (χ1) is 16.8. The Morgan fingerprint density at radius 2 is 1.53 bits per heavy atom. The summed E-state index contributed by atoms with van der Waals surface area (Å²) in [6.45, 7) is 1.91. The fourth-order valence-electron chi connectivity index (χ4n) is 3.71. The van der Waals surface area contributed by atoms with Gasteiger partial charge in [-0.15, -0.1) is 11.8 Å². The minimum absolute atomic E-state index is 0.0363. The highest BCUT2D eigenvalue weighted by atomic mass is 32.2. The number of amides is 2. The van der Waals surface area contributed by atoms with E-state index in [1.165, 1.54) is 23.9 Å². The molecular formula is C25H18F6N2O2S. The number of carbonyl (C=O) groups excluding carboxylic acids is 2. The van der Waals surface area contributed by atoms with E-state index in [-0.39, 0.29) is 23.4 Å². The summed E-state index contributed by atoms with van der Waals surface area (Å²) in [4.78, 5) is 26.8. The fourth-order valence-corrected chi connectivity index (χ4v) is 4.88. The van der Waals surface area contributed by atoms with Gasteiger partial charge >= 0.3 is 12.4 Å². The number of rotatable bonds is 4. The monoisotopic (exact) mass is 524 g/mol. The van der Waals surface area contributed by atoms with Crippen LogP contribution in [0.15, 0.2) is 66.7 Å². The van der Waals surface area contributed by atoms with Crippen molar-refractivity contribution in [2.24, 2.45) is 0 Å². The number of thioether (sulfide) groups is 1. The van der Waals surface area contributed by atoms with Crippen LogP contribution in [0.3, 0.4) is 0 Å². The molecule has 0 radical (unpaired) electrons. The number of nitrogens with one attached hydrogen (secondary N) is 1. The number of nitrogens with zero attached hydrogens (tertiary/aromatic N) is 1. The first-order valence-electron chi connectivity index (χ1n) is 10.5. The Kier molecular flexibility index (Phi) is 6.78. The molecule has 0 bridgehead atoms. The van der Waals surface area contributed by atoms with Gasteiger partial charge in [-0.05, 0) is 55.0 Å². The van der Waals surface area contributed by atoms with Crippen molar-refractivity contribution in [3.8, 4) is 0 Å². The van der Waals surface area contributed by atoms with Crippen LogP contribution in [0.5, 0.6) is 0 Å². The number of hydrogen-bond donors (Lipinski definition) is 1. The second-order valence-corrected chi connectivity index (χ2v) is 9.21. The Morgan fingerprint density at radius 3 is 2.11 bits per heavy atom. The maximum Gasteiger partial charge on any atom is 0.416 e. The van der Waals surface area contributed by atoms with Crippen molar-refractivity contribution in [3.05, 3.63) is 94.5 Å². The maximum atomic E-state index is 13.1. The van der Waals surface area contributed by atoms with Gasteiger partial charge in [0.2, 0.25) is 5.91 Å². The number of hydrogen-bond acceptors (Lipinski definition) is 3. The second kappa shape index (κ2) is 9.53. The van der Waals surface area contributed by atoms with Gasteiger partial charge in [-0.1, -0.05) is 29.8 Å². The number of carbonyl (C=O) groups is 2. The molecule has 2 amide bonds. The molecule has 188 valence electrons. The molecule has 0 saturated carbocycles. The standard InChI is InChI=1S/C25H18F6N2O2S/c1-14-5-7-20(8-6-14)33-21(34)13-36-23(33)15-3-2-4-19(11-15)32-22(35)16-9-17(24(26,27)28)12-18(10-16)25(29,30)31/h2-12,23H,13H2,1H3,(H,32,35). The Hall–Kier alpha value is -3.47. The Labute approximate surface area is 206 Å². The summed E-state index contributed by atoms with van der Waals surface area (Å²) in [7, 11) is 0. The van der Waals surface area contributed by atoms with Gasteiger partial charge in [-0.3, -0.25) is 14.5 Å². The van der Waals surface area contributed by atoms with E-state index in [0.29, 0.717) is 23.4 Å². The molecule has 1 fully saturated rings. The molecule has 0 spiro atoms. The molecule has 3 aromatic rings. The van der Waals surface area contributed by atoms with Crippen molar-refractivity contribution in [2.75, 3.05) is 16.0 Å². The van der Waals surface area contributed by atoms with Gasteiger partial charge in [-0.2, -0.15) is 26.3 Å². The van der Waals surface area contributed by atoms with Crippen molar-refractivity contribution in [3.63, 3.8) is 0 Å². The smallest absolute Gasteiger partial charge is 0.322 e. The molecule has 4 nitrogen and oxygen atoms in total. The molecule has 1 unspecified atom stereocenters. The van der Waals surface area contributed by atoms with Crippen LogP contribution >= 0.6 is 11.8 Å². The molecule has 1 aliphatic rings. The normalized spacial score (nSPS) is 16.4. The van der Waals surface area contributed by atoms with E-state index >= 15 is 0 Å². The van der Waals surface area contributed by atoms with E-state index in [4.69, 9.17) is 0 Å². The van der Waals surface area contributed by atoms with Crippen LogP contribution in [0.2, 0.25) is 0 Å². The molecule has 11 heteroatoms. The maximum absolute atomic E-state index is 13.1. The van der Waals surface area contributed by atoms with Gasteiger partial charge in [0.1, 0.15) is 5.37 Å². The SMILES string of the molecule is Cc1ccc(N2C(=O)CSC2c2cccc(NC(=O)c3cc(C(F)(F)F)cc(C(F)(F)F)c3)c2)cc1. The third-order valence-corrected chi connectivity index (χ3v) is 6.67. The van der Waals surface area contributed by atoms with Crippen LogP contribution in [0.1, 0.15) is 38.0 Å². The van der Waals surface area contributed by atoms with E-state index in [1.807, 2.05) is 31.2 Å². The number of halogens is 6. The lowest BCUT2D eigenvalue weighted by Gasteiger charge is -2.25. The second-order valence-electron chi connectivity index (χ2n) is 8.14. The van der Waals surface area contributed by atoms with Gasteiger partial charge in [0, 0.05) is 16.9 Å². The predicted molar refractivity (Wildman–Crippen MR) is 125 cm³/mol. The van der Waals surface area contributed by atoms with E-state index in [0.717, 1.165) is 5.56 Å². The van der Waals surface area contributed by atoms with Gasteiger partial charge in [0.05, 0.1) is 16.9 Å². The highest BCUT2D eigenvalue weighted by Gasteiger charge is 2.38. The number of aryl methyl sites for hydroxylation is 1. The minimum atomic E-state index is -5.07. The highest BCUT2D eigenvalue weighted by molar-refractivity contribution is 8.00. The average Bonchev–Trinajstić information content (AvgIpc) is 3.19. The zero-order chi connectivity index (χ0) is 26.3. The molecule has 1 N–H and O–H groups in total. The van der Waals surface area contributed by atoms with E-state index in [9.17, 15) is 35.9 Å². The zero-order valence-electron chi connectivity index (χ0n) is 18.6. The Balaban J connectivity index is 1.62. The summed E-state index contributed by atoms with van der Waals surface area (Å²) < 4.78 is 78.9.